The van der Waals surface area contributed by atoms with Crippen molar-refractivity contribution in [1.82, 2.24) is 4.57 Å². The molecule has 6 nitrogen and oxygen atoms in total. The van der Waals surface area contributed by atoms with Crippen molar-refractivity contribution in [3.63, 3.8) is 0 Å². The predicted octanol–water partition coefficient (Wildman–Crippen LogP) is 3.90. The third-order valence-corrected chi connectivity index (χ3v) is 5.32. The molecule has 1 amide bonds. The van der Waals surface area contributed by atoms with Crippen LogP contribution in [-0.4, -0.2) is 37.9 Å². The molecular weight excluding hydrogens is 388 g/mol. The highest BCUT2D eigenvalue weighted by molar-refractivity contribution is 7.16. The monoisotopic (exact) mass is 412 g/mol. The first-order valence-electron chi connectivity index (χ1n) is 9.31. The topological polar surface area (TPSA) is 62.1 Å². The fraction of sp³-hybridized carbons (Fsp3) is 0.273. The molecule has 0 atom stereocenters. The lowest BCUT2D eigenvalue weighted by atomic mass is 10.2. The quantitative estimate of drug-likeness (QED) is 0.416. The number of hydrogen-bond donors (Lipinski definition) is 0. The number of carbonyl (C=O) groups is 1. The van der Waals surface area contributed by atoms with Crippen molar-refractivity contribution in [3.8, 4) is 11.5 Å². The van der Waals surface area contributed by atoms with Gasteiger partial charge in [-0.3, -0.25) is 4.79 Å². The van der Waals surface area contributed by atoms with Crippen LogP contribution < -0.4 is 14.3 Å². The fourth-order valence-electron chi connectivity index (χ4n) is 2.86. The second-order valence-electron chi connectivity index (χ2n) is 6.10. The van der Waals surface area contributed by atoms with Crippen LogP contribution in [0.25, 0.3) is 16.3 Å². The highest BCUT2D eigenvalue weighted by Gasteiger charge is 2.13. The van der Waals surface area contributed by atoms with Crippen molar-refractivity contribution in [2.75, 3.05) is 27.4 Å². The number of carbonyl (C=O) groups excluding carboxylic acids is 1. The van der Waals surface area contributed by atoms with Gasteiger partial charge in [0.05, 0.1) is 31.0 Å². The van der Waals surface area contributed by atoms with Gasteiger partial charge in [-0.25, -0.2) is 0 Å². The number of ether oxygens (including phenoxy) is 3. The summed E-state index contributed by atoms with van der Waals surface area (Å²) in [4.78, 5) is 17.4. The van der Waals surface area contributed by atoms with Crippen molar-refractivity contribution >= 4 is 33.5 Å². The molecule has 0 aliphatic carbocycles. The Morgan fingerprint density at radius 1 is 1.14 bits per heavy atom. The van der Waals surface area contributed by atoms with E-state index in [4.69, 9.17) is 14.2 Å². The lowest BCUT2D eigenvalue weighted by Crippen LogP contribution is -2.19. The number of rotatable bonds is 8. The van der Waals surface area contributed by atoms with Crippen LogP contribution >= 0.6 is 11.3 Å². The Kier molecular flexibility index (Phi) is 7.21. The highest BCUT2D eigenvalue weighted by Crippen LogP contribution is 2.33. The van der Waals surface area contributed by atoms with E-state index in [9.17, 15) is 4.79 Å². The maximum atomic E-state index is 12.5. The Bertz CT molecular complexity index is 1070. The number of nitrogens with zero attached hydrogens (tertiary/aromatic N) is 2. The summed E-state index contributed by atoms with van der Waals surface area (Å²) in [5.74, 6) is 0.953. The zero-order valence-corrected chi connectivity index (χ0v) is 17.6. The average Bonchev–Trinajstić information content (AvgIpc) is 3.08. The molecule has 3 rings (SSSR count). The maximum Gasteiger partial charge on any atom is 0.272 e. The third-order valence-electron chi connectivity index (χ3n) is 4.28. The van der Waals surface area contributed by atoms with E-state index in [2.05, 4.69) is 4.99 Å². The van der Waals surface area contributed by atoms with Crippen LogP contribution in [0.4, 0.5) is 0 Å². The lowest BCUT2D eigenvalue weighted by Gasteiger charge is -2.09. The first-order valence-corrected chi connectivity index (χ1v) is 10.1. The van der Waals surface area contributed by atoms with Crippen molar-refractivity contribution in [3.05, 3.63) is 58.9 Å². The van der Waals surface area contributed by atoms with Gasteiger partial charge in [-0.2, -0.15) is 4.99 Å². The molecule has 1 aromatic heterocycles. The molecule has 0 N–H and O–H groups in total. The summed E-state index contributed by atoms with van der Waals surface area (Å²) in [6.45, 7) is 3.69. The molecule has 0 unspecified atom stereocenters. The molecule has 0 fully saturated rings. The van der Waals surface area contributed by atoms with Crippen LogP contribution in [0.15, 0.2) is 53.5 Å². The summed E-state index contributed by atoms with van der Waals surface area (Å²) in [6, 6.07) is 13.5. The molecule has 0 bridgehead atoms. The number of amides is 1. The average molecular weight is 413 g/mol. The Morgan fingerprint density at radius 2 is 1.86 bits per heavy atom. The van der Waals surface area contributed by atoms with E-state index >= 15 is 0 Å². The summed E-state index contributed by atoms with van der Waals surface area (Å²) in [7, 11) is 3.20. The van der Waals surface area contributed by atoms with Gasteiger partial charge in [0.25, 0.3) is 5.91 Å². The second-order valence-corrected chi connectivity index (χ2v) is 7.11. The molecule has 29 heavy (non-hydrogen) atoms. The summed E-state index contributed by atoms with van der Waals surface area (Å²) in [6.07, 6.45) is 3.24. The molecule has 3 aromatic rings. The molecule has 0 aliphatic rings. The number of hydrogen-bond acceptors (Lipinski definition) is 5. The molecule has 0 aliphatic heterocycles. The SMILES string of the molecule is CCOCCn1c(=NC(=O)/C=C/c2ccccc2)sc2cc(OC)c(OC)cc21. The van der Waals surface area contributed by atoms with Crippen molar-refractivity contribution in [2.45, 2.75) is 13.5 Å². The van der Waals surface area contributed by atoms with E-state index < -0.39 is 0 Å². The van der Waals surface area contributed by atoms with Crippen LogP contribution in [0.5, 0.6) is 11.5 Å². The standard InChI is InChI=1S/C22H24N2O4S/c1-4-28-13-12-24-17-14-18(26-2)19(27-3)15-20(17)29-22(24)23-21(25)11-10-16-8-6-5-7-9-16/h5-11,14-15H,4,12-13H2,1-3H3/b11-10+,23-22?. The predicted molar refractivity (Wildman–Crippen MR) is 115 cm³/mol. The molecule has 0 spiro atoms. The molecule has 2 aromatic carbocycles. The number of methoxy groups -OCH3 is 2. The summed E-state index contributed by atoms with van der Waals surface area (Å²) in [5.41, 5.74) is 1.87. The van der Waals surface area contributed by atoms with Gasteiger partial charge in [0.2, 0.25) is 0 Å². The van der Waals surface area contributed by atoms with E-state index in [1.54, 1.807) is 20.3 Å². The number of aromatic nitrogens is 1. The van der Waals surface area contributed by atoms with Gasteiger partial charge in [-0.15, -0.1) is 0 Å². The van der Waals surface area contributed by atoms with Crippen molar-refractivity contribution < 1.29 is 19.0 Å². The van der Waals surface area contributed by atoms with E-state index in [0.717, 1.165) is 15.8 Å². The van der Waals surface area contributed by atoms with E-state index in [1.165, 1.54) is 17.4 Å². The highest BCUT2D eigenvalue weighted by atomic mass is 32.1. The Morgan fingerprint density at radius 3 is 2.55 bits per heavy atom. The molecule has 0 saturated heterocycles. The van der Waals surface area contributed by atoms with Crippen LogP contribution in [-0.2, 0) is 16.1 Å². The second kappa shape index (κ2) is 10.0. The molecule has 1 heterocycles. The van der Waals surface area contributed by atoms with Crippen LogP contribution in [0.3, 0.4) is 0 Å². The molecular formula is C22H24N2O4S. The smallest absolute Gasteiger partial charge is 0.272 e. The Balaban J connectivity index is 2.02. The van der Waals surface area contributed by atoms with Crippen LogP contribution in [0.2, 0.25) is 0 Å². The first kappa shape index (κ1) is 20.8. The zero-order valence-electron chi connectivity index (χ0n) is 16.8. The molecule has 7 heteroatoms. The lowest BCUT2D eigenvalue weighted by molar-refractivity contribution is -0.113. The van der Waals surface area contributed by atoms with Gasteiger partial charge < -0.3 is 18.8 Å². The van der Waals surface area contributed by atoms with Crippen LogP contribution in [0.1, 0.15) is 12.5 Å². The third kappa shape index (κ3) is 5.13. The van der Waals surface area contributed by atoms with Gasteiger partial charge >= 0.3 is 0 Å². The van der Waals surface area contributed by atoms with Gasteiger partial charge in [0, 0.05) is 31.4 Å². The number of thiazole rings is 1. The molecule has 152 valence electrons. The fourth-order valence-corrected chi connectivity index (χ4v) is 3.93. The van der Waals surface area contributed by atoms with Crippen molar-refractivity contribution in [2.24, 2.45) is 4.99 Å². The van der Waals surface area contributed by atoms with Crippen LogP contribution in [0, 0.1) is 0 Å². The summed E-state index contributed by atoms with van der Waals surface area (Å²) in [5, 5.41) is 0. The van der Waals surface area contributed by atoms with E-state index in [-0.39, 0.29) is 5.91 Å². The maximum absolute atomic E-state index is 12.5. The number of fused-ring (bicyclic) bond motifs is 1. The van der Waals surface area contributed by atoms with Gasteiger partial charge in [0.1, 0.15) is 0 Å². The first-order chi connectivity index (χ1) is 14.2. The minimum atomic E-state index is -0.315. The van der Waals surface area contributed by atoms with Crippen molar-refractivity contribution in [1.29, 1.82) is 0 Å². The Labute approximate surface area is 173 Å². The molecule has 0 radical (unpaired) electrons. The normalized spacial score (nSPS) is 12.0. The van der Waals surface area contributed by atoms with Gasteiger partial charge in [-0.1, -0.05) is 41.7 Å². The van der Waals surface area contributed by atoms with Gasteiger partial charge in [-0.05, 0) is 18.6 Å². The van der Waals surface area contributed by atoms with Gasteiger partial charge in [0.15, 0.2) is 16.3 Å². The molecule has 0 saturated carbocycles. The number of benzene rings is 2. The minimum absolute atomic E-state index is 0.315. The largest absolute Gasteiger partial charge is 0.493 e. The zero-order chi connectivity index (χ0) is 20.6. The minimum Gasteiger partial charge on any atom is -0.493 e. The Hall–Kier alpha value is -2.90. The summed E-state index contributed by atoms with van der Waals surface area (Å²) < 4.78 is 19.3. The van der Waals surface area contributed by atoms with E-state index in [0.29, 0.717) is 36.1 Å². The van der Waals surface area contributed by atoms with E-state index in [1.807, 2.05) is 54.0 Å². The summed E-state index contributed by atoms with van der Waals surface area (Å²) >= 11 is 1.43.